The Kier molecular flexibility index (Phi) is 4.39. The molecular weight excluding hydrogens is 346 g/mol. The molecular formula is C19H17N5O3. The lowest BCUT2D eigenvalue weighted by molar-refractivity contribution is -0.384. The fourth-order valence-corrected chi connectivity index (χ4v) is 3.12. The number of hydrogen-bond acceptors (Lipinski definition) is 5. The molecule has 2 N–H and O–H groups in total. The van der Waals surface area contributed by atoms with Gasteiger partial charge in [0, 0.05) is 60.4 Å². The fourth-order valence-electron chi connectivity index (χ4n) is 3.12. The number of nitro groups is 1. The molecule has 27 heavy (non-hydrogen) atoms. The number of fused-ring (bicyclic) bond motifs is 1. The summed E-state index contributed by atoms with van der Waals surface area (Å²) in [5.74, 6) is 0. The predicted molar refractivity (Wildman–Crippen MR) is 101 cm³/mol. The number of hydrogen-bond donors (Lipinski definition) is 2. The Hall–Kier alpha value is -3.52. The molecule has 0 bridgehead atoms. The van der Waals surface area contributed by atoms with Crippen LogP contribution < -0.4 is 0 Å². The van der Waals surface area contributed by atoms with Crippen LogP contribution in [0.25, 0.3) is 33.4 Å². The number of pyridine rings is 1. The average molecular weight is 363 g/mol. The summed E-state index contributed by atoms with van der Waals surface area (Å²) in [6.07, 6.45) is 6.10. The van der Waals surface area contributed by atoms with Crippen molar-refractivity contribution < 1.29 is 10.0 Å². The number of rotatable bonds is 6. The lowest BCUT2D eigenvalue weighted by Crippen LogP contribution is -2.00. The van der Waals surface area contributed by atoms with E-state index in [9.17, 15) is 10.1 Å². The monoisotopic (exact) mass is 363 g/mol. The van der Waals surface area contributed by atoms with E-state index in [1.165, 1.54) is 12.1 Å². The van der Waals surface area contributed by atoms with Gasteiger partial charge < -0.3 is 10.1 Å². The molecule has 3 heterocycles. The van der Waals surface area contributed by atoms with Crippen molar-refractivity contribution in [1.29, 1.82) is 0 Å². The molecule has 4 rings (SSSR count). The van der Waals surface area contributed by atoms with Gasteiger partial charge >= 0.3 is 0 Å². The molecule has 136 valence electrons. The first-order valence-electron chi connectivity index (χ1n) is 8.53. The Morgan fingerprint density at radius 3 is 2.70 bits per heavy atom. The van der Waals surface area contributed by atoms with Crippen LogP contribution in [0.5, 0.6) is 0 Å². The van der Waals surface area contributed by atoms with E-state index in [0.29, 0.717) is 13.0 Å². The Morgan fingerprint density at radius 1 is 1.15 bits per heavy atom. The maximum absolute atomic E-state index is 10.9. The smallest absolute Gasteiger partial charge is 0.269 e. The summed E-state index contributed by atoms with van der Waals surface area (Å²) in [7, 11) is 0. The summed E-state index contributed by atoms with van der Waals surface area (Å²) < 4.78 is 1.79. The molecule has 0 unspecified atom stereocenters. The number of nitrogens with zero attached hydrogens (tertiary/aromatic N) is 4. The number of nitrogens with one attached hydrogen (secondary N) is 1. The molecule has 0 amide bonds. The number of aliphatic hydroxyl groups is 1. The number of non-ortho nitro benzene ring substituents is 1. The Morgan fingerprint density at radius 2 is 1.96 bits per heavy atom. The van der Waals surface area contributed by atoms with Gasteiger partial charge in [-0.2, -0.15) is 5.10 Å². The van der Waals surface area contributed by atoms with Gasteiger partial charge in [-0.25, -0.2) is 4.98 Å². The summed E-state index contributed by atoms with van der Waals surface area (Å²) in [4.78, 5) is 17.9. The molecule has 3 aromatic heterocycles. The van der Waals surface area contributed by atoms with Gasteiger partial charge in [0.2, 0.25) is 0 Å². The van der Waals surface area contributed by atoms with Gasteiger partial charge in [0.05, 0.1) is 4.92 Å². The zero-order valence-corrected chi connectivity index (χ0v) is 14.4. The highest BCUT2D eigenvalue weighted by atomic mass is 16.6. The van der Waals surface area contributed by atoms with Crippen LogP contribution in [0.3, 0.4) is 0 Å². The van der Waals surface area contributed by atoms with Crippen molar-refractivity contribution in [2.24, 2.45) is 0 Å². The molecule has 0 radical (unpaired) electrons. The molecule has 0 aliphatic carbocycles. The van der Waals surface area contributed by atoms with Crippen molar-refractivity contribution in [2.75, 3.05) is 6.61 Å². The van der Waals surface area contributed by atoms with E-state index >= 15 is 0 Å². The number of H-pyrrole nitrogens is 1. The molecule has 0 spiro atoms. The second kappa shape index (κ2) is 7.00. The average Bonchev–Trinajstić information content (AvgIpc) is 3.33. The van der Waals surface area contributed by atoms with Crippen molar-refractivity contribution in [1.82, 2.24) is 19.7 Å². The standard InChI is InChI=1S/C19H17N5O3/c25-11-1-10-23-12-17(15-6-8-20-19-16(15)7-9-21-19)18(22-23)13-2-4-14(5-3-13)24(26)27/h2-9,12,25H,1,10-11H2,(H,20,21). The van der Waals surface area contributed by atoms with Crippen LogP contribution in [0.4, 0.5) is 5.69 Å². The summed E-state index contributed by atoms with van der Waals surface area (Å²) in [5, 5.41) is 25.7. The van der Waals surface area contributed by atoms with Crippen LogP contribution in [-0.4, -0.2) is 36.4 Å². The Balaban J connectivity index is 1.86. The number of aryl methyl sites for hydroxylation is 1. The summed E-state index contributed by atoms with van der Waals surface area (Å²) in [6.45, 7) is 0.664. The third kappa shape index (κ3) is 3.18. The second-order valence-corrected chi connectivity index (χ2v) is 6.13. The number of aromatic amines is 1. The van der Waals surface area contributed by atoms with Gasteiger partial charge in [0.15, 0.2) is 0 Å². The van der Waals surface area contributed by atoms with E-state index in [-0.39, 0.29) is 12.3 Å². The van der Waals surface area contributed by atoms with E-state index in [0.717, 1.165) is 33.4 Å². The van der Waals surface area contributed by atoms with Crippen LogP contribution in [0.1, 0.15) is 6.42 Å². The maximum atomic E-state index is 10.9. The molecule has 0 saturated heterocycles. The van der Waals surface area contributed by atoms with E-state index < -0.39 is 4.92 Å². The predicted octanol–water partition coefficient (Wildman–Crippen LogP) is 3.38. The topological polar surface area (TPSA) is 110 Å². The molecule has 0 saturated carbocycles. The zero-order chi connectivity index (χ0) is 18.8. The second-order valence-electron chi connectivity index (χ2n) is 6.13. The maximum Gasteiger partial charge on any atom is 0.269 e. The molecule has 0 fully saturated rings. The molecule has 0 atom stereocenters. The highest BCUT2D eigenvalue weighted by molar-refractivity contribution is 5.96. The first kappa shape index (κ1) is 16.9. The van der Waals surface area contributed by atoms with Crippen LogP contribution in [0.15, 0.2) is 55.0 Å². The zero-order valence-electron chi connectivity index (χ0n) is 14.4. The van der Waals surface area contributed by atoms with Crippen LogP contribution in [0.2, 0.25) is 0 Å². The fraction of sp³-hybridized carbons (Fsp3) is 0.158. The van der Waals surface area contributed by atoms with Gasteiger partial charge in [-0.05, 0) is 36.2 Å². The van der Waals surface area contributed by atoms with Crippen molar-refractivity contribution in [3.63, 3.8) is 0 Å². The molecule has 4 aromatic rings. The van der Waals surface area contributed by atoms with Crippen LogP contribution in [0, 0.1) is 10.1 Å². The summed E-state index contributed by atoms with van der Waals surface area (Å²) in [6, 6.07) is 10.3. The summed E-state index contributed by atoms with van der Waals surface area (Å²) >= 11 is 0. The lowest BCUT2D eigenvalue weighted by atomic mass is 10.0. The quantitative estimate of drug-likeness (QED) is 0.403. The van der Waals surface area contributed by atoms with E-state index in [4.69, 9.17) is 5.11 Å². The van der Waals surface area contributed by atoms with Crippen LogP contribution in [-0.2, 0) is 6.54 Å². The van der Waals surface area contributed by atoms with Crippen molar-refractivity contribution in [2.45, 2.75) is 13.0 Å². The largest absolute Gasteiger partial charge is 0.396 e. The SMILES string of the molecule is O=[N+]([O-])c1ccc(-c2nn(CCCO)cc2-c2ccnc3[nH]ccc23)cc1. The van der Waals surface area contributed by atoms with E-state index in [1.807, 2.05) is 24.5 Å². The first-order valence-corrected chi connectivity index (χ1v) is 8.53. The molecule has 1 aromatic carbocycles. The number of aromatic nitrogens is 4. The minimum Gasteiger partial charge on any atom is -0.396 e. The Labute approximate surface area is 154 Å². The highest BCUT2D eigenvalue weighted by Crippen LogP contribution is 2.35. The number of nitro benzene ring substituents is 1. The highest BCUT2D eigenvalue weighted by Gasteiger charge is 2.17. The molecule has 8 nitrogen and oxygen atoms in total. The van der Waals surface area contributed by atoms with Crippen molar-refractivity contribution in [3.8, 4) is 22.4 Å². The molecule has 8 heteroatoms. The summed E-state index contributed by atoms with van der Waals surface area (Å²) in [5.41, 5.74) is 4.23. The third-order valence-corrected chi connectivity index (χ3v) is 4.41. The van der Waals surface area contributed by atoms with Crippen LogP contribution >= 0.6 is 0 Å². The van der Waals surface area contributed by atoms with Crippen molar-refractivity contribution in [3.05, 3.63) is 65.1 Å². The van der Waals surface area contributed by atoms with E-state index in [1.54, 1.807) is 23.0 Å². The van der Waals surface area contributed by atoms with Gasteiger partial charge in [-0.15, -0.1) is 0 Å². The van der Waals surface area contributed by atoms with Gasteiger partial charge in [0.25, 0.3) is 5.69 Å². The number of aliphatic hydroxyl groups excluding tert-OH is 1. The molecule has 0 aliphatic heterocycles. The van der Waals surface area contributed by atoms with Gasteiger partial charge in [-0.1, -0.05) is 0 Å². The van der Waals surface area contributed by atoms with E-state index in [2.05, 4.69) is 15.1 Å². The van der Waals surface area contributed by atoms with Gasteiger partial charge in [0.1, 0.15) is 11.3 Å². The minimum atomic E-state index is -0.420. The van der Waals surface area contributed by atoms with Crippen molar-refractivity contribution >= 4 is 16.7 Å². The third-order valence-electron chi connectivity index (χ3n) is 4.41. The van der Waals surface area contributed by atoms with Gasteiger partial charge in [-0.3, -0.25) is 14.8 Å². The first-order chi connectivity index (χ1) is 13.2. The number of benzene rings is 1. The molecule has 0 aliphatic rings. The normalized spacial score (nSPS) is 11.1. The Bertz CT molecular complexity index is 1100. The lowest BCUT2D eigenvalue weighted by Gasteiger charge is -2.04. The minimum absolute atomic E-state index is 0.0388.